The van der Waals surface area contributed by atoms with Crippen molar-refractivity contribution in [2.24, 2.45) is 0 Å². The van der Waals surface area contributed by atoms with Gasteiger partial charge in [-0.25, -0.2) is 14.6 Å². The summed E-state index contributed by atoms with van der Waals surface area (Å²) in [5.74, 6) is 0.276. The number of hydrogen-bond donors (Lipinski definition) is 1. The zero-order valence-corrected chi connectivity index (χ0v) is 17.8. The van der Waals surface area contributed by atoms with Crippen LogP contribution in [0.3, 0.4) is 0 Å². The van der Waals surface area contributed by atoms with Gasteiger partial charge in [0.25, 0.3) is 0 Å². The Bertz CT molecular complexity index is 1150. The average Bonchev–Trinajstić information content (AvgIpc) is 3.33. The molecule has 4 aromatic rings. The Morgan fingerprint density at radius 2 is 2.00 bits per heavy atom. The van der Waals surface area contributed by atoms with Crippen LogP contribution in [0.5, 0.6) is 0 Å². The Labute approximate surface area is 178 Å². The molecular formula is C21H23N7OS. The Balaban J connectivity index is 1.32. The molecule has 8 nitrogen and oxygen atoms in total. The first-order valence-corrected chi connectivity index (χ1v) is 10.7. The van der Waals surface area contributed by atoms with E-state index in [2.05, 4.69) is 31.5 Å². The lowest BCUT2D eigenvalue weighted by Gasteiger charge is -2.07. The van der Waals surface area contributed by atoms with E-state index < -0.39 is 0 Å². The molecule has 0 spiro atoms. The number of rotatable bonds is 8. The topological polar surface area (TPSA) is 90.5 Å². The van der Waals surface area contributed by atoms with Crippen molar-refractivity contribution in [1.82, 2.24) is 34.8 Å². The summed E-state index contributed by atoms with van der Waals surface area (Å²) < 4.78 is 3.75. The number of para-hydroxylation sites is 1. The summed E-state index contributed by atoms with van der Waals surface area (Å²) in [7, 11) is 0. The summed E-state index contributed by atoms with van der Waals surface area (Å²) in [5, 5.41) is 13.4. The zero-order valence-electron chi connectivity index (χ0n) is 16.9. The van der Waals surface area contributed by atoms with E-state index in [0.717, 1.165) is 46.1 Å². The van der Waals surface area contributed by atoms with E-state index in [-0.39, 0.29) is 5.91 Å². The van der Waals surface area contributed by atoms with Crippen molar-refractivity contribution >= 4 is 28.7 Å². The number of aromatic nitrogens is 6. The van der Waals surface area contributed by atoms with E-state index in [4.69, 9.17) is 0 Å². The first kappa shape index (κ1) is 20.1. The van der Waals surface area contributed by atoms with Crippen LogP contribution < -0.4 is 5.32 Å². The van der Waals surface area contributed by atoms with Gasteiger partial charge < -0.3 is 5.32 Å². The number of fused-ring (bicyclic) bond motifs is 1. The van der Waals surface area contributed by atoms with Crippen LogP contribution in [0.2, 0.25) is 0 Å². The van der Waals surface area contributed by atoms with Gasteiger partial charge >= 0.3 is 0 Å². The van der Waals surface area contributed by atoms with Crippen molar-refractivity contribution < 1.29 is 4.79 Å². The highest BCUT2D eigenvalue weighted by Gasteiger charge is 2.13. The van der Waals surface area contributed by atoms with E-state index in [1.165, 1.54) is 18.1 Å². The molecule has 9 heteroatoms. The number of benzene rings is 1. The Hall–Kier alpha value is -3.20. The fourth-order valence-corrected chi connectivity index (χ4v) is 4.03. The molecule has 0 unspecified atom stereocenters. The van der Waals surface area contributed by atoms with E-state index in [9.17, 15) is 4.79 Å². The van der Waals surface area contributed by atoms with Crippen molar-refractivity contribution in [3.63, 3.8) is 0 Å². The quantitative estimate of drug-likeness (QED) is 0.267. The lowest BCUT2D eigenvalue weighted by atomic mass is 10.3. The fraction of sp³-hybridized carbons (Fsp3) is 0.286. The lowest BCUT2D eigenvalue weighted by Crippen LogP contribution is -2.27. The molecule has 1 amide bonds. The summed E-state index contributed by atoms with van der Waals surface area (Å²) in [6, 6.07) is 11.9. The van der Waals surface area contributed by atoms with E-state index in [1.54, 1.807) is 10.9 Å². The average molecular weight is 422 g/mol. The molecular weight excluding hydrogens is 398 g/mol. The molecule has 4 rings (SSSR count). The van der Waals surface area contributed by atoms with Crippen molar-refractivity contribution in [3.05, 3.63) is 60.3 Å². The van der Waals surface area contributed by atoms with Gasteiger partial charge in [-0.1, -0.05) is 30.0 Å². The molecule has 0 aliphatic carbocycles. The van der Waals surface area contributed by atoms with E-state index in [0.29, 0.717) is 12.3 Å². The number of carbonyl (C=O) groups excluding carboxylic acids is 1. The first-order chi connectivity index (χ1) is 14.6. The molecule has 1 N–H and O–H groups in total. The van der Waals surface area contributed by atoms with E-state index >= 15 is 0 Å². The minimum Gasteiger partial charge on any atom is -0.355 e. The highest BCUT2D eigenvalue weighted by Crippen LogP contribution is 2.25. The number of amides is 1. The molecule has 154 valence electrons. The van der Waals surface area contributed by atoms with Crippen LogP contribution in [0.15, 0.2) is 53.9 Å². The molecule has 0 fully saturated rings. The molecule has 0 atom stereocenters. The first-order valence-electron chi connectivity index (χ1n) is 9.76. The number of aryl methyl sites for hydroxylation is 3. The summed E-state index contributed by atoms with van der Waals surface area (Å²) in [5.41, 5.74) is 3.81. The maximum absolute atomic E-state index is 12.2. The molecule has 3 heterocycles. The third-order valence-electron chi connectivity index (χ3n) is 4.64. The molecule has 0 aliphatic rings. The van der Waals surface area contributed by atoms with Gasteiger partial charge in [-0.05, 0) is 38.5 Å². The molecule has 1 aromatic carbocycles. The van der Waals surface area contributed by atoms with Crippen LogP contribution in [-0.2, 0) is 11.3 Å². The predicted octanol–water partition coefficient (Wildman–Crippen LogP) is 2.93. The van der Waals surface area contributed by atoms with Gasteiger partial charge in [0.05, 0.1) is 28.7 Å². The van der Waals surface area contributed by atoms with Gasteiger partial charge in [-0.15, -0.1) is 0 Å². The molecule has 30 heavy (non-hydrogen) atoms. The van der Waals surface area contributed by atoms with Crippen LogP contribution in [0.4, 0.5) is 0 Å². The minimum atomic E-state index is -0.0180. The fourth-order valence-electron chi connectivity index (χ4n) is 3.24. The van der Waals surface area contributed by atoms with Crippen LogP contribution in [-0.4, -0.2) is 47.7 Å². The van der Waals surface area contributed by atoms with Crippen LogP contribution >= 0.6 is 11.8 Å². The molecule has 0 saturated carbocycles. The molecule has 0 saturated heterocycles. The van der Waals surface area contributed by atoms with E-state index in [1.807, 2.05) is 48.9 Å². The number of thioether (sulfide) groups is 1. The SMILES string of the molecule is Cc1cc(C)n(CCCNC(=O)CSc2ncnc3c2cnn3-c2ccccc2)n1. The largest absolute Gasteiger partial charge is 0.355 e. The zero-order chi connectivity index (χ0) is 20.9. The summed E-state index contributed by atoms with van der Waals surface area (Å²) in [6.07, 6.45) is 4.09. The van der Waals surface area contributed by atoms with Crippen molar-refractivity contribution in [1.29, 1.82) is 0 Å². The van der Waals surface area contributed by atoms with Crippen molar-refractivity contribution in [2.75, 3.05) is 12.3 Å². The Morgan fingerprint density at radius 3 is 2.77 bits per heavy atom. The second kappa shape index (κ2) is 9.08. The highest BCUT2D eigenvalue weighted by atomic mass is 32.2. The molecule has 0 radical (unpaired) electrons. The monoisotopic (exact) mass is 421 g/mol. The van der Waals surface area contributed by atoms with Crippen LogP contribution in [0.25, 0.3) is 16.7 Å². The lowest BCUT2D eigenvalue weighted by molar-refractivity contribution is -0.118. The highest BCUT2D eigenvalue weighted by molar-refractivity contribution is 8.00. The second-order valence-electron chi connectivity index (χ2n) is 6.95. The summed E-state index contributed by atoms with van der Waals surface area (Å²) >= 11 is 1.39. The summed E-state index contributed by atoms with van der Waals surface area (Å²) in [4.78, 5) is 21.0. The standard InChI is InChI=1S/C21H23N7OS/c1-15-11-16(2)27(26-15)10-6-9-22-19(29)13-30-21-18-12-25-28(20(18)23-14-24-21)17-7-4-3-5-8-17/h3-5,7-8,11-12,14H,6,9-10,13H2,1-2H3,(H,22,29). The molecule has 0 bridgehead atoms. The maximum Gasteiger partial charge on any atom is 0.230 e. The molecule has 3 aromatic heterocycles. The maximum atomic E-state index is 12.2. The third kappa shape index (κ3) is 4.51. The van der Waals surface area contributed by atoms with Gasteiger partial charge in [-0.2, -0.15) is 10.2 Å². The molecule has 0 aliphatic heterocycles. The number of nitrogens with zero attached hydrogens (tertiary/aromatic N) is 6. The van der Waals surface area contributed by atoms with Gasteiger partial charge in [0.2, 0.25) is 5.91 Å². The number of carbonyl (C=O) groups is 1. The smallest absolute Gasteiger partial charge is 0.230 e. The third-order valence-corrected chi connectivity index (χ3v) is 5.65. The number of hydrogen-bond acceptors (Lipinski definition) is 6. The van der Waals surface area contributed by atoms with Gasteiger partial charge in [-0.3, -0.25) is 9.48 Å². The Morgan fingerprint density at radius 1 is 1.17 bits per heavy atom. The van der Waals surface area contributed by atoms with Gasteiger partial charge in [0, 0.05) is 18.8 Å². The minimum absolute atomic E-state index is 0.0180. The Kier molecular flexibility index (Phi) is 6.08. The van der Waals surface area contributed by atoms with Gasteiger partial charge in [0.15, 0.2) is 5.65 Å². The van der Waals surface area contributed by atoms with Crippen molar-refractivity contribution in [2.45, 2.75) is 31.8 Å². The number of nitrogens with one attached hydrogen (secondary N) is 1. The summed E-state index contributed by atoms with van der Waals surface area (Å²) in [6.45, 7) is 5.43. The van der Waals surface area contributed by atoms with Gasteiger partial charge in [0.1, 0.15) is 11.4 Å². The second-order valence-corrected chi connectivity index (χ2v) is 7.91. The van der Waals surface area contributed by atoms with Crippen LogP contribution in [0, 0.1) is 13.8 Å². The van der Waals surface area contributed by atoms with Crippen molar-refractivity contribution in [3.8, 4) is 5.69 Å². The predicted molar refractivity (Wildman–Crippen MR) is 117 cm³/mol. The normalized spacial score (nSPS) is 11.1. The van der Waals surface area contributed by atoms with Crippen LogP contribution in [0.1, 0.15) is 17.8 Å².